The molecule has 33 heavy (non-hydrogen) atoms. The Kier molecular flexibility index (Phi) is 9.49. The van der Waals surface area contributed by atoms with Crippen molar-refractivity contribution in [1.82, 2.24) is 10.2 Å². The van der Waals surface area contributed by atoms with Gasteiger partial charge in [-0.1, -0.05) is 12.1 Å². The highest BCUT2D eigenvalue weighted by Crippen LogP contribution is 2.43. The Morgan fingerprint density at radius 2 is 2.00 bits per heavy atom. The van der Waals surface area contributed by atoms with Gasteiger partial charge in [0.15, 0.2) is 0 Å². The molecule has 2 heterocycles. The Balaban J connectivity index is 2.07. The molecule has 0 aromatic rings. The largest absolute Gasteiger partial charge is 0.425 e. The minimum atomic E-state index is -1.19. The van der Waals surface area contributed by atoms with Crippen LogP contribution in [0.3, 0.4) is 0 Å². The Morgan fingerprint density at radius 1 is 1.30 bits per heavy atom. The molecule has 0 radical (unpaired) electrons. The van der Waals surface area contributed by atoms with Crippen molar-refractivity contribution in [3.05, 3.63) is 0 Å². The molecular weight excluding hydrogens is 482 g/mol. The van der Waals surface area contributed by atoms with E-state index in [1.807, 2.05) is 0 Å². The number of oxime groups is 1. The molecule has 4 atom stereocenters. The molecule has 2 fully saturated rings. The van der Waals surface area contributed by atoms with Gasteiger partial charge in [-0.3, -0.25) is 24.0 Å². The lowest BCUT2D eigenvalue weighted by Gasteiger charge is -2.53. The van der Waals surface area contributed by atoms with E-state index >= 15 is 0 Å². The van der Waals surface area contributed by atoms with Gasteiger partial charge < -0.3 is 29.3 Å². The second-order valence-corrected chi connectivity index (χ2v) is 8.70. The normalized spacial score (nSPS) is 25.3. The highest BCUT2D eigenvalue weighted by molar-refractivity contribution is 8.00. The van der Waals surface area contributed by atoms with Crippen LogP contribution in [0.4, 0.5) is 0 Å². The number of rotatable bonds is 11. The first kappa shape index (κ1) is 26.9. The van der Waals surface area contributed by atoms with Crippen LogP contribution in [0.1, 0.15) is 20.3 Å². The molecule has 2 rings (SSSR count). The summed E-state index contributed by atoms with van der Waals surface area (Å²) in [4.78, 5) is 67.2. The Bertz CT molecular complexity index is 839. The molecule has 0 aromatic carbocycles. The van der Waals surface area contributed by atoms with E-state index in [4.69, 9.17) is 25.8 Å². The minimum Gasteiger partial charge on any atom is -0.425 e. The van der Waals surface area contributed by atoms with Crippen molar-refractivity contribution in [2.24, 2.45) is 10.6 Å². The summed E-state index contributed by atoms with van der Waals surface area (Å²) in [5, 5.41) is 5.39. The number of nitrogens with one attached hydrogen (secondary N) is 1. The number of carbonyl (C=O) groups excluding carboxylic acids is 5. The number of fused-ring (bicyclic) bond motifs is 1. The first-order chi connectivity index (χ1) is 15.6. The van der Waals surface area contributed by atoms with Gasteiger partial charge in [-0.2, -0.15) is 0 Å². The van der Waals surface area contributed by atoms with Crippen LogP contribution < -0.4 is 5.32 Å². The summed E-state index contributed by atoms with van der Waals surface area (Å²) in [6.07, 6.45) is -0.968. The Labute approximate surface area is 199 Å². The van der Waals surface area contributed by atoms with Crippen molar-refractivity contribution < 1.29 is 43.0 Å². The number of thioether (sulfide) groups is 1. The topological polar surface area (TPSA) is 150 Å². The third-order valence-corrected chi connectivity index (χ3v) is 6.76. The smallest absolute Gasteiger partial charge is 0.320 e. The van der Waals surface area contributed by atoms with Gasteiger partial charge in [-0.05, 0) is 0 Å². The number of amides is 2. The summed E-state index contributed by atoms with van der Waals surface area (Å²) in [7, 11) is 2.58. The lowest BCUT2D eigenvalue weighted by atomic mass is 9.88. The lowest BCUT2D eigenvalue weighted by Crippen LogP contribution is -2.74. The molecule has 12 nitrogen and oxygen atoms in total. The van der Waals surface area contributed by atoms with Crippen LogP contribution in [0.5, 0.6) is 0 Å². The van der Waals surface area contributed by atoms with Crippen LogP contribution in [0.25, 0.3) is 0 Å². The van der Waals surface area contributed by atoms with E-state index in [-0.39, 0.29) is 25.3 Å². The molecule has 0 aromatic heterocycles. The van der Waals surface area contributed by atoms with Crippen molar-refractivity contribution in [3.8, 4) is 0 Å². The van der Waals surface area contributed by atoms with E-state index < -0.39 is 64.2 Å². The number of β-lactam (4-membered cyclic amide) rings is 1. The molecule has 1 N–H and O–H groups in total. The molecule has 0 saturated carbocycles. The van der Waals surface area contributed by atoms with Crippen molar-refractivity contribution in [2.75, 3.05) is 39.0 Å². The lowest BCUT2D eigenvalue weighted by molar-refractivity contribution is -0.195. The summed E-state index contributed by atoms with van der Waals surface area (Å²) in [5.74, 6) is -3.55. The number of Topliss-reactive ketones (excluding diaryl/α,β-unsaturated/α-hetero) is 1. The molecule has 2 aliphatic heterocycles. The van der Waals surface area contributed by atoms with Crippen LogP contribution in [0.15, 0.2) is 5.16 Å². The summed E-state index contributed by atoms with van der Waals surface area (Å²) >= 11 is 6.73. The van der Waals surface area contributed by atoms with E-state index in [9.17, 15) is 24.0 Å². The van der Waals surface area contributed by atoms with Crippen molar-refractivity contribution in [3.63, 3.8) is 0 Å². The van der Waals surface area contributed by atoms with Crippen LogP contribution >= 0.6 is 23.4 Å². The van der Waals surface area contributed by atoms with Crippen LogP contribution in [0, 0.1) is 5.41 Å². The molecule has 0 bridgehead atoms. The maximum absolute atomic E-state index is 12.9. The van der Waals surface area contributed by atoms with E-state index in [1.54, 1.807) is 6.92 Å². The summed E-state index contributed by atoms with van der Waals surface area (Å²) in [6, 6.07) is -0.923. The monoisotopic (exact) mass is 507 g/mol. The number of hydrogen-bond donors (Lipinski definition) is 1. The number of nitrogens with zero attached hydrogens (tertiary/aromatic N) is 2. The van der Waals surface area contributed by atoms with Gasteiger partial charge >= 0.3 is 11.9 Å². The second-order valence-electron chi connectivity index (χ2n) is 7.33. The predicted molar refractivity (Wildman–Crippen MR) is 116 cm³/mol. The number of carbonyl (C=O) groups is 5. The molecule has 3 unspecified atom stereocenters. The summed E-state index contributed by atoms with van der Waals surface area (Å²) in [5.41, 5.74) is -1.74. The van der Waals surface area contributed by atoms with Gasteiger partial charge in [-0.15, -0.1) is 23.4 Å². The van der Waals surface area contributed by atoms with E-state index in [2.05, 4.69) is 15.3 Å². The third kappa shape index (κ3) is 5.95. The van der Waals surface area contributed by atoms with Gasteiger partial charge in [-0.25, -0.2) is 0 Å². The average Bonchev–Trinajstić information content (AvgIpc) is 2.80. The molecule has 184 valence electrons. The molecular formula is C19H26ClN3O9S. The predicted octanol–water partition coefficient (Wildman–Crippen LogP) is -0.328. The first-order valence-electron chi connectivity index (χ1n) is 9.96. The van der Waals surface area contributed by atoms with Crippen LogP contribution in [-0.2, 0) is 43.0 Å². The molecule has 2 saturated heterocycles. The number of alkyl halides is 1. The summed E-state index contributed by atoms with van der Waals surface area (Å²) in [6.45, 7) is 2.99. The molecule has 2 amide bonds. The highest BCUT2D eigenvalue weighted by atomic mass is 35.5. The van der Waals surface area contributed by atoms with Gasteiger partial charge in [0, 0.05) is 32.8 Å². The zero-order chi connectivity index (χ0) is 24.8. The van der Waals surface area contributed by atoms with Crippen LogP contribution in [-0.4, -0.2) is 96.9 Å². The number of methoxy groups -OCH3 is 1. The molecule has 2 aliphatic rings. The fourth-order valence-electron chi connectivity index (χ4n) is 3.32. The van der Waals surface area contributed by atoms with Crippen molar-refractivity contribution in [1.29, 1.82) is 0 Å². The fourth-order valence-corrected chi connectivity index (χ4v) is 4.97. The van der Waals surface area contributed by atoms with Gasteiger partial charge in [0.05, 0.1) is 12.5 Å². The van der Waals surface area contributed by atoms with E-state index in [0.717, 1.165) is 0 Å². The Morgan fingerprint density at radius 3 is 2.58 bits per heavy atom. The first-order valence-corrected chi connectivity index (χ1v) is 11.5. The number of esters is 2. The number of hydrogen-bond acceptors (Lipinski definition) is 11. The summed E-state index contributed by atoms with van der Waals surface area (Å²) < 4.78 is 15.5. The van der Waals surface area contributed by atoms with E-state index in [1.165, 1.54) is 37.8 Å². The van der Waals surface area contributed by atoms with Crippen molar-refractivity contribution >= 4 is 58.6 Å². The average molecular weight is 508 g/mol. The van der Waals surface area contributed by atoms with Gasteiger partial charge in [0.2, 0.25) is 23.7 Å². The standard InChI is InChI=1S/C19H26ClN3O9S/c1-5-12(25)31-10(2)32-18(28)19(8-29-3)7-23-16(27)14(17(23)33-9-19)21-15(26)13(22-30-4)11(24)6-20/h10,14,17H,5-9H2,1-4H3,(H,21,26)/t10?,14?,17-,19?/m1/s1. The maximum Gasteiger partial charge on any atom is 0.320 e. The zero-order valence-electron chi connectivity index (χ0n) is 18.6. The highest BCUT2D eigenvalue weighted by Gasteiger charge is 2.58. The van der Waals surface area contributed by atoms with Crippen LogP contribution in [0.2, 0.25) is 0 Å². The van der Waals surface area contributed by atoms with Crippen molar-refractivity contribution in [2.45, 2.75) is 38.0 Å². The molecule has 14 heteroatoms. The molecule has 0 aliphatic carbocycles. The third-order valence-electron chi connectivity index (χ3n) is 4.93. The Hall–Kier alpha value is -2.38. The number of ketones is 1. The maximum atomic E-state index is 12.9. The fraction of sp³-hybridized carbons (Fsp3) is 0.684. The quantitative estimate of drug-likeness (QED) is 0.0748. The zero-order valence-corrected chi connectivity index (χ0v) is 20.2. The number of halogens is 1. The van der Waals surface area contributed by atoms with Gasteiger partial charge in [0.25, 0.3) is 5.91 Å². The van der Waals surface area contributed by atoms with E-state index in [0.29, 0.717) is 0 Å². The minimum absolute atomic E-state index is 0.0172. The SMILES string of the molecule is CCC(=O)OC(C)OC(=O)C1(COC)CS[C@@H]2C(NC(=O)C(=NOC)C(=O)CCl)C(=O)N2C1. The van der Waals surface area contributed by atoms with Gasteiger partial charge in [0.1, 0.15) is 23.9 Å². The number of ether oxygens (including phenoxy) is 3. The molecule has 0 spiro atoms. The second kappa shape index (κ2) is 11.7.